The van der Waals surface area contributed by atoms with Gasteiger partial charge in [0, 0.05) is 10.6 Å². The van der Waals surface area contributed by atoms with Crippen LogP contribution in [-0.2, 0) is 4.79 Å². The quantitative estimate of drug-likeness (QED) is 0.400. The van der Waals surface area contributed by atoms with Gasteiger partial charge >= 0.3 is 5.97 Å². The first-order valence-corrected chi connectivity index (χ1v) is 11.1. The van der Waals surface area contributed by atoms with Gasteiger partial charge in [-0.2, -0.15) is 0 Å². The highest BCUT2D eigenvalue weighted by molar-refractivity contribution is 7.99. The Kier molecular flexibility index (Phi) is 8.22. The monoisotopic (exact) mass is 450 g/mol. The molecule has 3 aromatic rings. The van der Waals surface area contributed by atoms with Gasteiger partial charge in [-0.25, -0.2) is 4.79 Å². The zero-order chi connectivity index (χ0) is 22.9. The SMILES string of the molecule is COc1ccc(C(=CCSc2ccc(OCC(=O)O)c(C)c2)c2ccc(OC)cc2)cc1. The van der Waals surface area contributed by atoms with Crippen LogP contribution in [0, 0.1) is 6.92 Å². The summed E-state index contributed by atoms with van der Waals surface area (Å²) >= 11 is 1.70. The molecule has 6 heteroatoms. The molecule has 0 aromatic heterocycles. The van der Waals surface area contributed by atoms with Crippen LogP contribution in [0.1, 0.15) is 16.7 Å². The van der Waals surface area contributed by atoms with Crippen LogP contribution in [0.4, 0.5) is 0 Å². The molecule has 166 valence electrons. The predicted octanol–water partition coefficient (Wildman–Crippen LogP) is 5.70. The van der Waals surface area contributed by atoms with Crippen molar-refractivity contribution in [3.8, 4) is 17.2 Å². The van der Waals surface area contributed by atoms with E-state index in [1.165, 1.54) is 0 Å². The van der Waals surface area contributed by atoms with E-state index >= 15 is 0 Å². The molecule has 0 radical (unpaired) electrons. The van der Waals surface area contributed by atoms with Gasteiger partial charge in [-0.3, -0.25) is 0 Å². The maximum Gasteiger partial charge on any atom is 0.341 e. The average molecular weight is 451 g/mol. The van der Waals surface area contributed by atoms with Crippen LogP contribution in [0.3, 0.4) is 0 Å². The zero-order valence-corrected chi connectivity index (χ0v) is 19.1. The molecule has 0 unspecified atom stereocenters. The molecule has 1 N–H and O–H groups in total. The molecule has 3 rings (SSSR count). The number of carboxylic acids is 1. The van der Waals surface area contributed by atoms with Gasteiger partial charge in [0.15, 0.2) is 6.61 Å². The first-order chi connectivity index (χ1) is 15.5. The number of methoxy groups -OCH3 is 2. The fraction of sp³-hybridized carbons (Fsp3) is 0.192. The first-order valence-electron chi connectivity index (χ1n) is 10.1. The average Bonchev–Trinajstić information content (AvgIpc) is 2.81. The Bertz CT molecular complexity index is 1020. The molecule has 5 nitrogen and oxygen atoms in total. The van der Waals surface area contributed by atoms with Crippen molar-refractivity contribution in [2.45, 2.75) is 11.8 Å². The number of aliphatic carboxylic acids is 1. The lowest BCUT2D eigenvalue weighted by Crippen LogP contribution is -2.09. The van der Waals surface area contributed by atoms with Crippen molar-refractivity contribution in [2.75, 3.05) is 26.6 Å². The Balaban J connectivity index is 1.79. The summed E-state index contributed by atoms with van der Waals surface area (Å²) in [5.74, 6) is 2.00. The largest absolute Gasteiger partial charge is 0.497 e. The lowest BCUT2D eigenvalue weighted by molar-refractivity contribution is -0.139. The van der Waals surface area contributed by atoms with E-state index in [0.29, 0.717) is 5.75 Å². The Labute approximate surface area is 192 Å². The third-order valence-electron chi connectivity index (χ3n) is 4.84. The van der Waals surface area contributed by atoms with Gasteiger partial charge in [-0.05, 0) is 71.7 Å². The summed E-state index contributed by atoms with van der Waals surface area (Å²) in [6.45, 7) is 1.57. The standard InChI is InChI=1S/C26H26O5S/c1-18-16-23(12-13-25(18)31-17-26(27)28)32-15-14-24(19-4-8-21(29-2)9-5-19)20-6-10-22(30-3)11-7-20/h4-14,16H,15,17H2,1-3H3,(H,27,28). The number of ether oxygens (including phenoxy) is 3. The highest BCUT2D eigenvalue weighted by Crippen LogP contribution is 2.30. The van der Waals surface area contributed by atoms with Gasteiger partial charge in [-0.1, -0.05) is 30.3 Å². The van der Waals surface area contributed by atoms with E-state index in [1.807, 2.05) is 49.4 Å². The maximum atomic E-state index is 10.7. The number of rotatable bonds is 10. The number of aryl methyl sites for hydroxylation is 1. The van der Waals surface area contributed by atoms with E-state index < -0.39 is 5.97 Å². The molecular weight excluding hydrogens is 424 g/mol. The third-order valence-corrected chi connectivity index (χ3v) is 5.76. The molecule has 0 saturated heterocycles. The summed E-state index contributed by atoms with van der Waals surface area (Å²) in [6, 6.07) is 21.8. The van der Waals surface area contributed by atoms with E-state index in [2.05, 4.69) is 30.3 Å². The summed E-state index contributed by atoms with van der Waals surface area (Å²) in [6.07, 6.45) is 2.21. The number of hydrogen-bond donors (Lipinski definition) is 1. The van der Waals surface area contributed by atoms with Crippen molar-refractivity contribution < 1.29 is 24.1 Å². The summed E-state index contributed by atoms with van der Waals surface area (Å²) in [7, 11) is 3.32. The summed E-state index contributed by atoms with van der Waals surface area (Å²) in [4.78, 5) is 11.8. The molecule has 0 aliphatic heterocycles. The molecule has 0 heterocycles. The van der Waals surface area contributed by atoms with Crippen LogP contribution in [0.5, 0.6) is 17.2 Å². The van der Waals surface area contributed by atoms with Crippen LogP contribution in [0.15, 0.2) is 77.7 Å². The molecule has 0 saturated carbocycles. The predicted molar refractivity (Wildman–Crippen MR) is 128 cm³/mol. The zero-order valence-electron chi connectivity index (χ0n) is 18.3. The van der Waals surface area contributed by atoms with Crippen molar-refractivity contribution in [2.24, 2.45) is 0 Å². The Morgan fingerprint density at radius 1 is 0.906 bits per heavy atom. The van der Waals surface area contributed by atoms with Crippen molar-refractivity contribution in [3.63, 3.8) is 0 Å². The minimum atomic E-state index is -0.988. The summed E-state index contributed by atoms with van der Waals surface area (Å²) < 4.78 is 15.9. The number of hydrogen-bond acceptors (Lipinski definition) is 5. The molecule has 0 aliphatic rings. The lowest BCUT2D eigenvalue weighted by Gasteiger charge is -2.11. The van der Waals surface area contributed by atoms with Gasteiger partial charge in [0.2, 0.25) is 0 Å². The molecule has 3 aromatic carbocycles. The maximum absolute atomic E-state index is 10.7. The minimum Gasteiger partial charge on any atom is -0.497 e. The molecular formula is C26H26O5S. The Morgan fingerprint density at radius 3 is 1.94 bits per heavy atom. The molecule has 0 bridgehead atoms. The van der Waals surface area contributed by atoms with Gasteiger partial charge in [0.1, 0.15) is 17.2 Å². The van der Waals surface area contributed by atoms with E-state index in [4.69, 9.17) is 19.3 Å². The van der Waals surface area contributed by atoms with Crippen molar-refractivity contribution in [1.82, 2.24) is 0 Å². The van der Waals surface area contributed by atoms with Crippen LogP contribution in [-0.4, -0.2) is 37.7 Å². The van der Waals surface area contributed by atoms with Crippen LogP contribution < -0.4 is 14.2 Å². The molecule has 32 heavy (non-hydrogen) atoms. The van der Waals surface area contributed by atoms with Gasteiger partial charge in [0.25, 0.3) is 0 Å². The second-order valence-corrected chi connectivity index (χ2v) is 8.09. The Morgan fingerprint density at radius 2 is 1.47 bits per heavy atom. The summed E-state index contributed by atoms with van der Waals surface area (Å²) in [5.41, 5.74) is 4.24. The number of benzene rings is 3. The summed E-state index contributed by atoms with van der Waals surface area (Å²) in [5, 5.41) is 8.79. The normalized spacial score (nSPS) is 10.3. The number of carboxylic acid groups (broad SMARTS) is 1. The molecule has 0 amide bonds. The van der Waals surface area contributed by atoms with E-state index in [-0.39, 0.29) is 6.61 Å². The van der Waals surface area contributed by atoms with Crippen LogP contribution in [0.2, 0.25) is 0 Å². The Hall–Kier alpha value is -3.38. The van der Waals surface area contributed by atoms with Gasteiger partial charge in [0.05, 0.1) is 14.2 Å². The number of thioether (sulfide) groups is 1. The van der Waals surface area contributed by atoms with Crippen LogP contribution in [0.25, 0.3) is 5.57 Å². The lowest BCUT2D eigenvalue weighted by atomic mass is 9.97. The smallest absolute Gasteiger partial charge is 0.341 e. The van der Waals surface area contributed by atoms with E-state index in [9.17, 15) is 4.79 Å². The van der Waals surface area contributed by atoms with E-state index in [0.717, 1.165) is 44.4 Å². The highest BCUT2D eigenvalue weighted by atomic mass is 32.2. The van der Waals surface area contributed by atoms with Gasteiger partial charge in [-0.15, -0.1) is 11.8 Å². The molecule has 0 spiro atoms. The third kappa shape index (κ3) is 6.31. The van der Waals surface area contributed by atoms with E-state index in [1.54, 1.807) is 26.0 Å². The van der Waals surface area contributed by atoms with Gasteiger partial charge < -0.3 is 19.3 Å². The minimum absolute atomic E-state index is 0.344. The second-order valence-electron chi connectivity index (χ2n) is 7.00. The van der Waals surface area contributed by atoms with Crippen molar-refractivity contribution in [3.05, 3.63) is 89.5 Å². The topological polar surface area (TPSA) is 65.0 Å². The second kappa shape index (κ2) is 11.3. The first kappa shape index (κ1) is 23.3. The number of carbonyl (C=O) groups is 1. The highest BCUT2D eigenvalue weighted by Gasteiger charge is 2.08. The van der Waals surface area contributed by atoms with Crippen molar-refractivity contribution in [1.29, 1.82) is 0 Å². The van der Waals surface area contributed by atoms with Crippen molar-refractivity contribution >= 4 is 23.3 Å². The molecule has 0 aliphatic carbocycles. The fourth-order valence-corrected chi connectivity index (χ4v) is 4.04. The fourth-order valence-electron chi connectivity index (χ4n) is 3.18. The molecule has 0 atom stereocenters. The van der Waals surface area contributed by atoms with Crippen LogP contribution >= 0.6 is 11.8 Å². The molecule has 0 fully saturated rings.